The smallest absolute Gasteiger partial charge is 0.263 e. The van der Waals surface area contributed by atoms with Crippen molar-refractivity contribution < 1.29 is 17.9 Å². The third-order valence-electron chi connectivity index (χ3n) is 5.13. The van der Waals surface area contributed by atoms with Crippen LogP contribution < -0.4 is 10.1 Å². The van der Waals surface area contributed by atoms with Gasteiger partial charge in [-0.2, -0.15) is 5.10 Å². The Morgan fingerprint density at radius 1 is 1.23 bits per heavy atom. The molecule has 0 saturated carbocycles. The number of nitrogens with zero attached hydrogens (tertiary/aromatic N) is 2. The number of benzene rings is 2. The largest absolute Gasteiger partial charge is 0.484 e. The molecule has 1 saturated heterocycles. The van der Waals surface area contributed by atoms with Crippen molar-refractivity contribution in [2.75, 3.05) is 23.4 Å². The average molecular weight is 460 g/mol. The predicted molar refractivity (Wildman–Crippen MR) is 120 cm³/mol. The van der Waals surface area contributed by atoms with Gasteiger partial charge in [-0.3, -0.25) is 4.79 Å². The van der Waals surface area contributed by atoms with Crippen molar-refractivity contribution in [1.82, 2.24) is 9.78 Å². The number of anilines is 1. The van der Waals surface area contributed by atoms with Gasteiger partial charge in [0.2, 0.25) is 0 Å². The predicted octanol–water partition coefficient (Wildman–Crippen LogP) is 3.89. The Morgan fingerprint density at radius 3 is 2.68 bits per heavy atom. The molecule has 1 fully saturated rings. The van der Waals surface area contributed by atoms with Crippen LogP contribution >= 0.6 is 11.6 Å². The summed E-state index contributed by atoms with van der Waals surface area (Å²) in [5, 5.41) is 8.05. The highest BCUT2D eigenvalue weighted by Gasteiger charge is 2.31. The van der Waals surface area contributed by atoms with E-state index in [4.69, 9.17) is 16.3 Å². The molecule has 0 bridgehead atoms. The van der Waals surface area contributed by atoms with Crippen molar-refractivity contribution in [3.05, 3.63) is 65.2 Å². The Balaban J connectivity index is 1.53. The maximum Gasteiger partial charge on any atom is 0.263 e. The van der Waals surface area contributed by atoms with Crippen molar-refractivity contribution in [2.24, 2.45) is 0 Å². The van der Waals surface area contributed by atoms with Crippen LogP contribution in [0.25, 0.3) is 11.3 Å². The van der Waals surface area contributed by atoms with Crippen molar-refractivity contribution in [1.29, 1.82) is 0 Å². The number of carbonyl (C=O) groups is 1. The van der Waals surface area contributed by atoms with Crippen LogP contribution in [0.4, 0.5) is 5.82 Å². The molecule has 1 aromatic heterocycles. The fraction of sp³-hybridized carbons (Fsp3) is 0.273. The van der Waals surface area contributed by atoms with Crippen molar-refractivity contribution >= 4 is 33.2 Å². The Labute approximate surface area is 185 Å². The number of nitrogens with one attached hydrogen (secondary N) is 1. The lowest BCUT2D eigenvalue weighted by atomic mass is 10.1. The van der Waals surface area contributed by atoms with Gasteiger partial charge in [0.15, 0.2) is 16.4 Å². The molecule has 9 heteroatoms. The van der Waals surface area contributed by atoms with E-state index in [1.54, 1.807) is 28.9 Å². The van der Waals surface area contributed by atoms with Crippen molar-refractivity contribution in [3.63, 3.8) is 0 Å². The highest BCUT2D eigenvalue weighted by Crippen LogP contribution is 2.30. The summed E-state index contributed by atoms with van der Waals surface area (Å²) in [4.78, 5) is 12.6. The van der Waals surface area contributed by atoms with Gasteiger partial charge in [-0.1, -0.05) is 41.9 Å². The zero-order valence-electron chi connectivity index (χ0n) is 16.9. The summed E-state index contributed by atoms with van der Waals surface area (Å²) in [5.74, 6) is 0.741. The highest BCUT2D eigenvalue weighted by atomic mass is 35.5. The third kappa shape index (κ3) is 5.08. The molecule has 2 heterocycles. The molecule has 4 rings (SSSR count). The second kappa shape index (κ2) is 8.72. The van der Waals surface area contributed by atoms with E-state index < -0.39 is 9.84 Å². The number of aryl methyl sites for hydroxylation is 1. The average Bonchev–Trinajstić information content (AvgIpc) is 3.32. The molecule has 0 spiro atoms. The molecule has 31 heavy (non-hydrogen) atoms. The first kappa shape index (κ1) is 21.4. The van der Waals surface area contributed by atoms with E-state index >= 15 is 0 Å². The van der Waals surface area contributed by atoms with Gasteiger partial charge in [0.25, 0.3) is 5.91 Å². The quantitative estimate of drug-likeness (QED) is 0.604. The van der Waals surface area contributed by atoms with Crippen LogP contribution in [0.5, 0.6) is 5.75 Å². The van der Waals surface area contributed by atoms with Crippen molar-refractivity contribution in [3.8, 4) is 17.0 Å². The van der Waals surface area contributed by atoms with Gasteiger partial charge in [0, 0.05) is 16.7 Å². The number of carbonyl (C=O) groups excluding carboxylic acids is 1. The molecular weight excluding hydrogens is 438 g/mol. The topological polar surface area (TPSA) is 90.3 Å². The number of rotatable bonds is 6. The van der Waals surface area contributed by atoms with Gasteiger partial charge in [0.1, 0.15) is 11.6 Å². The maximum absolute atomic E-state index is 12.6. The van der Waals surface area contributed by atoms with E-state index in [-0.39, 0.29) is 30.1 Å². The summed E-state index contributed by atoms with van der Waals surface area (Å²) >= 11 is 6.02. The fourth-order valence-electron chi connectivity index (χ4n) is 3.52. The van der Waals surface area contributed by atoms with Gasteiger partial charge in [0.05, 0.1) is 23.2 Å². The van der Waals surface area contributed by atoms with E-state index in [0.717, 1.165) is 11.1 Å². The van der Waals surface area contributed by atoms with Gasteiger partial charge in [-0.15, -0.1) is 0 Å². The number of hydrogen-bond donors (Lipinski definition) is 1. The molecular formula is C22H22ClN3O4S. The summed E-state index contributed by atoms with van der Waals surface area (Å²) in [5.41, 5.74) is 2.40. The monoisotopic (exact) mass is 459 g/mol. The van der Waals surface area contributed by atoms with E-state index in [1.807, 2.05) is 37.3 Å². The van der Waals surface area contributed by atoms with Gasteiger partial charge in [-0.25, -0.2) is 13.1 Å². The zero-order valence-corrected chi connectivity index (χ0v) is 18.5. The van der Waals surface area contributed by atoms with Gasteiger partial charge < -0.3 is 10.1 Å². The number of amides is 1. The SMILES string of the molecule is Cc1cc(OCC(=O)Nc2cc(-c3ccccc3)nn2C2CCS(=O)(=O)C2)ccc1Cl. The van der Waals surface area contributed by atoms with Crippen LogP contribution in [-0.4, -0.2) is 42.2 Å². The summed E-state index contributed by atoms with van der Waals surface area (Å²) in [7, 11) is -3.11. The molecule has 1 aliphatic rings. The lowest BCUT2D eigenvalue weighted by Crippen LogP contribution is -2.23. The molecule has 2 aromatic carbocycles. The number of hydrogen-bond acceptors (Lipinski definition) is 5. The van der Waals surface area contributed by atoms with Crippen LogP contribution in [0.2, 0.25) is 5.02 Å². The van der Waals surface area contributed by atoms with E-state index in [1.165, 1.54) is 0 Å². The van der Waals surface area contributed by atoms with Crippen LogP contribution in [0.3, 0.4) is 0 Å². The Hall–Kier alpha value is -2.84. The molecule has 0 aliphatic carbocycles. The molecule has 1 amide bonds. The molecule has 0 radical (unpaired) electrons. The Bertz CT molecular complexity index is 1210. The minimum atomic E-state index is -3.11. The minimum absolute atomic E-state index is 0.00628. The van der Waals surface area contributed by atoms with E-state index in [2.05, 4.69) is 10.4 Å². The summed E-state index contributed by atoms with van der Waals surface area (Å²) in [6, 6.07) is 16.1. The Morgan fingerprint density at radius 2 is 2.00 bits per heavy atom. The standard InChI is InChI=1S/C22H22ClN3O4S/c1-15-11-18(7-8-19(15)23)30-13-22(27)24-21-12-20(16-5-3-2-4-6-16)25-26(21)17-9-10-31(28,29)14-17/h2-8,11-12,17H,9-10,13-14H2,1H3,(H,24,27). The van der Waals surface area contributed by atoms with Crippen molar-refractivity contribution in [2.45, 2.75) is 19.4 Å². The highest BCUT2D eigenvalue weighted by molar-refractivity contribution is 7.91. The summed E-state index contributed by atoms with van der Waals surface area (Å²) in [6.07, 6.45) is 0.460. The summed E-state index contributed by atoms with van der Waals surface area (Å²) in [6.45, 7) is 1.66. The molecule has 1 unspecified atom stereocenters. The van der Waals surface area contributed by atoms with Gasteiger partial charge >= 0.3 is 0 Å². The number of aromatic nitrogens is 2. The molecule has 162 valence electrons. The lowest BCUT2D eigenvalue weighted by Gasteiger charge is -2.14. The minimum Gasteiger partial charge on any atom is -0.484 e. The maximum atomic E-state index is 12.6. The Kier molecular flexibility index (Phi) is 6.02. The first-order valence-corrected chi connectivity index (χ1v) is 12.0. The zero-order chi connectivity index (χ0) is 22.0. The molecule has 1 atom stereocenters. The van der Waals surface area contributed by atoms with E-state index in [9.17, 15) is 13.2 Å². The number of halogens is 1. The number of sulfone groups is 1. The van der Waals surface area contributed by atoms with Crippen LogP contribution in [0, 0.1) is 6.92 Å². The first-order valence-electron chi connectivity index (χ1n) is 9.85. The van der Waals surface area contributed by atoms with Crippen LogP contribution in [0.15, 0.2) is 54.6 Å². The molecule has 7 nitrogen and oxygen atoms in total. The molecule has 1 aliphatic heterocycles. The molecule has 3 aromatic rings. The van der Waals surface area contributed by atoms with Gasteiger partial charge in [-0.05, 0) is 37.1 Å². The second-order valence-electron chi connectivity index (χ2n) is 7.53. The lowest BCUT2D eigenvalue weighted by molar-refractivity contribution is -0.118. The van der Waals surface area contributed by atoms with Crippen LogP contribution in [0.1, 0.15) is 18.0 Å². The summed E-state index contributed by atoms with van der Waals surface area (Å²) < 4.78 is 31.1. The normalized spacial score (nSPS) is 17.4. The second-order valence-corrected chi connectivity index (χ2v) is 10.2. The number of ether oxygens (including phenoxy) is 1. The molecule has 1 N–H and O–H groups in total. The van der Waals surface area contributed by atoms with E-state index in [0.29, 0.717) is 28.7 Å². The third-order valence-corrected chi connectivity index (χ3v) is 7.30. The first-order chi connectivity index (χ1) is 14.8. The fourth-order valence-corrected chi connectivity index (χ4v) is 5.33. The van der Waals surface area contributed by atoms with Crippen LogP contribution in [-0.2, 0) is 14.6 Å².